The topological polar surface area (TPSA) is 84.8 Å². The van der Waals surface area contributed by atoms with Gasteiger partial charge >= 0.3 is 0 Å². The second-order valence-corrected chi connectivity index (χ2v) is 9.21. The molecule has 2 atom stereocenters. The molecule has 4 rings (SSSR count). The number of fused-ring (bicyclic) bond motifs is 1. The first-order chi connectivity index (χ1) is 12.5. The van der Waals surface area contributed by atoms with E-state index in [1.54, 1.807) is 13.1 Å². The lowest BCUT2D eigenvalue weighted by atomic mass is 10.1. The van der Waals surface area contributed by atoms with Gasteiger partial charge in [-0.1, -0.05) is 18.2 Å². The van der Waals surface area contributed by atoms with Gasteiger partial charge in [0.05, 0.1) is 16.5 Å². The van der Waals surface area contributed by atoms with Crippen LogP contribution in [0.25, 0.3) is 22.4 Å². The van der Waals surface area contributed by atoms with Gasteiger partial charge < -0.3 is 5.32 Å². The average molecular weight is 368 g/mol. The molecule has 3 aromatic rings. The molecule has 0 bridgehead atoms. The van der Waals surface area contributed by atoms with E-state index in [-0.39, 0.29) is 17.0 Å². The number of hydrogen-bond donors (Lipinski definition) is 1. The fourth-order valence-corrected chi connectivity index (χ4v) is 4.83. The van der Waals surface area contributed by atoms with Crippen molar-refractivity contribution < 1.29 is 8.42 Å². The molecule has 26 heavy (non-hydrogen) atoms. The summed E-state index contributed by atoms with van der Waals surface area (Å²) < 4.78 is 23.9. The number of rotatable bonds is 3. The molecule has 3 heterocycles. The highest BCUT2D eigenvalue weighted by molar-refractivity contribution is 7.92. The summed E-state index contributed by atoms with van der Waals surface area (Å²) in [6.45, 7) is 1.78. The Kier molecular flexibility index (Phi) is 4.32. The Morgan fingerprint density at radius 3 is 2.65 bits per heavy atom. The highest BCUT2D eigenvalue weighted by atomic mass is 32.2. The van der Waals surface area contributed by atoms with E-state index < -0.39 is 9.84 Å². The normalized spacial score (nSPS) is 22.2. The van der Waals surface area contributed by atoms with Gasteiger partial charge in [-0.05, 0) is 44.0 Å². The molecular weight excluding hydrogens is 348 g/mol. The van der Waals surface area contributed by atoms with Gasteiger partial charge in [0.25, 0.3) is 0 Å². The number of sulfone groups is 1. The summed E-state index contributed by atoms with van der Waals surface area (Å²) in [5, 5.41) is 4.05. The number of aromatic nitrogens is 3. The Balaban J connectivity index is 1.72. The monoisotopic (exact) mass is 368 g/mol. The molecule has 2 unspecified atom stereocenters. The van der Waals surface area contributed by atoms with Gasteiger partial charge in [0.15, 0.2) is 15.7 Å². The third kappa shape index (κ3) is 3.26. The number of anilines is 1. The molecule has 1 aliphatic heterocycles. The molecule has 7 heteroatoms. The summed E-state index contributed by atoms with van der Waals surface area (Å²) in [6.07, 6.45) is 2.89. The van der Waals surface area contributed by atoms with Crippen molar-refractivity contribution in [2.45, 2.75) is 31.1 Å². The van der Waals surface area contributed by atoms with Crippen LogP contribution >= 0.6 is 0 Å². The molecule has 0 saturated carbocycles. The van der Waals surface area contributed by atoms with Crippen LogP contribution in [0, 0.1) is 0 Å². The number of nitrogens with one attached hydrogen (secondary N) is 1. The molecule has 1 fully saturated rings. The number of nitrogens with zero attached hydrogens (tertiary/aromatic N) is 3. The van der Waals surface area contributed by atoms with Crippen molar-refractivity contribution in [1.82, 2.24) is 15.0 Å². The SMILES string of the molecule is CC1CC(Nc2nc(-c3ccccn3)nc3ccccc23)CCS1(=O)=O. The number of hydrogen-bond acceptors (Lipinski definition) is 6. The van der Waals surface area contributed by atoms with Crippen LogP contribution in [0.1, 0.15) is 19.8 Å². The van der Waals surface area contributed by atoms with Crippen LogP contribution in [0.15, 0.2) is 48.7 Å². The van der Waals surface area contributed by atoms with Crippen LogP contribution in [0.4, 0.5) is 5.82 Å². The predicted octanol–water partition coefficient (Wildman–Crippen LogP) is 3.07. The van der Waals surface area contributed by atoms with Crippen molar-refractivity contribution >= 4 is 26.6 Å². The van der Waals surface area contributed by atoms with Gasteiger partial charge in [0, 0.05) is 17.6 Å². The Bertz CT molecular complexity index is 1040. The van der Waals surface area contributed by atoms with Gasteiger partial charge in [-0.3, -0.25) is 4.98 Å². The fourth-order valence-electron chi connectivity index (χ4n) is 3.29. The maximum Gasteiger partial charge on any atom is 0.180 e. The van der Waals surface area contributed by atoms with Crippen LogP contribution in [0.5, 0.6) is 0 Å². The highest BCUT2D eigenvalue weighted by Gasteiger charge is 2.31. The van der Waals surface area contributed by atoms with E-state index in [2.05, 4.69) is 15.3 Å². The molecular formula is C19H20N4O2S. The minimum atomic E-state index is -2.96. The standard InChI is InChI=1S/C19H20N4O2S/c1-13-12-14(9-11-26(13,24)25)21-18-15-6-2-3-7-16(15)22-19(23-18)17-8-4-5-10-20-17/h2-8,10,13-14H,9,11-12H2,1H3,(H,21,22,23). The molecule has 1 aromatic carbocycles. The predicted molar refractivity (Wildman–Crippen MR) is 103 cm³/mol. The zero-order chi connectivity index (χ0) is 18.1. The second kappa shape index (κ2) is 6.64. The fraction of sp³-hybridized carbons (Fsp3) is 0.316. The van der Waals surface area contributed by atoms with Gasteiger partial charge in [-0.2, -0.15) is 0 Å². The summed E-state index contributed by atoms with van der Waals surface area (Å²) in [4.78, 5) is 13.7. The van der Waals surface area contributed by atoms with Crippen LogP contribution in [-0.4, -0.2) is 40.4 Å². The molecule has 1 saturated heterocycles. The number of benzene rings is 1. The Morgan fingerprint density at radius 2 is 1.88 bits per heavy atom. The van der Waals surface area contributed by atoms with Crippen LogP contribution in [-0.2, 0) is 9.84 Å². The molecule has 6 nitrogen and oxygen atoms in total. The van der Waals surface area contributed by atoms with E-state index in [9.17, 15) is 8.42 Å². The van der Waals surface area contributed by atoms with Gasteiger partial charge in [0.2, 0.25) is 0 Å². The van der Waals surface area contributed by atoms with Crippen molar-refractivity contribution in [3.63, 3.8) is 0 Å². The van der Waals surface area contributed by atoms with E-state index in [1.165, 1.54) is 0 Å². The smallest absolute Gasteiger partial charge is 0.180 e. The highest BCUT2D eigenvalue weighted by Crippen LogP contribution is 2.27. The van der Waals surface area contributed by atoms with Crippen molar-refractivity contribution in [2.24, 2.45) is 0 Å². The number of para-hydroxylation sites is 1. The molecule has 1 N–H and O–H groups in total. The van der Waals surface area contributed by atoms with Crippen molar-refractivity contribution in [3.8, 4) is 11.5 Å². The van der Waals surface area contributed by atoms with E-state index in [1.807, 2.05) is 42.5 Å². The van der Waals surface area contributed by atoms with Gasteiger partial charge in [-0.15, -0.1) is 0 Å². The first-order valence-electron chi connectivity index (χ1n) is 8.69. The quantitative estimate of drug-likeness (QED) is 0.765. The molecule has 2 aromatic heterocycles. The van der Waals surface area contributed by atoms with Crippen LogP contribution in [0.2, 0.25) is 0 Å². The Hall–Kier alpha value is -2.54. The van der Waals surface area contributed by atoms with Crippen molar-refractivity contribution in [1.29, 1.82) is 0 Å². The molecule has 134 valence electrons. The minimum absolute atomic E-state index is 0.0726. The lowest BCUT2D eigenvalue weighted by molar-refractivity contribution is 0.527. The molecule has 0 aliphatic carbocycles. The van der Waals surface area contributed by atoms with Gasteiger partial charge in [-0.25, -0.2) is 18.4 Å². The molecule has 1 aliphatic rings. The first-order valence-corrected chi connectivity index (χ1v) is 10.4. The molecule has 0 radical (unpaired) electrons. The first kappa shape index (κ1) is 16.9. The Labute approximate surface area is 152 Å². The summed E-state index contributed by atoms with van der Waals surface area (Å²) >= 11 is 0. The van der Waals surface area contributed by atoms with E-state index in [0.717, 1.165) is 16.7 Å². The zero-order valence-corrected chi connectivity index (χ0v) is 15.3. The number of pyridine rings is 1. The van der Waals surface area contributed by atoms with Crippen LogP contribution in [0.3, 0.4) is 0 Å². The summed E-state index contributed by atoms with van der Waals surface area (Å²) in [5.74, 6) is 1.50. The minimum Gasteiger partial charge on any atom is -0.367 e. The maximum atomic E-state index is 12.0. The largest absolute Gasteiger partial charge is 0.367 e. The van der Waals surface area contributed by atoms with Crippen molar-refractivity contribution in [2.75, 3.05) is 11.1 Å². The van der Waals surface area contributed by atoms with E-state index in [4.69, 9.17) is 4.98 Å². The Morgan fingerprint density at radius 1 is 1.08 bits per heavy atom. The lowest BCUT2D eigenvalue weighted by Gasteiger charge is -2.28. The second-order valence-electron chi connectivity index (χ2n) is 6.67. The molecule has 0 amide bonds. The van der Waals surface area contributed by atoms with Gasteiger partial charge in [0.1, 0.15) is 11.5 Å². The zero-order valence-electron chi connectivity index (χ0n) is 14.5. The third-order valence-corrected chi connectivity index (χ3v) is 7.04. The third-order valence-electron chi connectivity index (χ3n) is 4.82. The maximum absolute atomic E-state index is 12.0. The van der Waals surface area contributed by atoms with Crippen molar-refractivity contribution in [3.05, 3.63) is 48.7 Å². The summed E-state index contributed by atoms with van der Waals surface area (Å²) in [6, 6.07) is 13.5. The van der Waals surface area contributed by atoms with E-state index in [0.29, 0.717) is 24.4 Å². The van der Waals surface area contributed by atoms with Crippen LogP contribution < -0.4 is 5.32 Å². The average Bonchev–Trinajstić information content (AvgIpc) is 2.65. The lowest BCUT2D eigenvalue weighted by Crippen LogP contribution is -2.37. The summed E-state index contributed by atoms with van der Waals surface area (Å²) in [7, 11) is -2.96. The van der Waals surface area contributed by atoms with E-state index >= 15 is 0 Å². The molecule has 0 spiro atoms. The summed E-state index contributed by atoms with van der Waals surface area (Å²) in [5.41, 5.74) is 1.54.